The molecule has 4 nitrogen and oxygen atoms in total. The SMILES string of the molecule is CCCCN1Cc2cc(-c3ccc(C4OCCO4)s3)ccc2C1=O. The number of carbonyl (C=O) groups is 1. The lowest BCUT2D eigenvalue weighted by atomic mass is 10.1. The number of unbranched alkanes of at least 4 members (excludes halogenated alkanes) is 1. The van der Waals surface area contributed by atoms with Gasteiger partial charge in [-0.1, -0.05) is 19.4 Å². The van der Waals surface area contributed by atoms with Crippen molar-refractivity contribution in [3.05, 3.63) is 46.3 Å². The molecule has 0 spiro atoms. The van der Waals surface area contributed by atoms with E-state index in [1.807, 2.05) is 17.0 Å². The normalized spacial score (nSPS) is 17.7. The van der Waals surface area contributed by atoms with Gasteiger partial charge in [-0.15, -0.1) is 11.3 Å². The second kappa shape index (κ2) is 6.67. The van der Waals surface area contributed by atoms with Crippen molar-refractivity contribution >= 4 is 17.2 Å². The van der Waals surface area contributed by atoms with Crippen molar-refractivity contribution in [3.8, 4) is 10.4 Å². The van der Waals surface area contributed by atoms with Crippen molar-refractivity contribution in [1.82, 2.24) is 4.90 Å². The van der Waals surface area contributed by atoms with Gasteiger partial charge in [0, 0.05) is 23.5 Å². The fraction of sp³-hybridized carbons (Fsp3) is 0.421. The number of ether oxygens (including phenoxy) is 2. The lowest BCUT2D eigenvalue weighted by Gasteiger charge is -2.14. The van der Waals surface area contributed by atoms with Crippen LogP contribution in [-0.4, -0.2) is 30.6 Å². The summed E-state index contributed by atoms with van der Waals surface area (Å²) in [5.74, 6) is 0.171. The first-order valence-corrected chi connectivity index (χ1v) is 9.33. The van der Waals surface area contributed by atoms with Gasteiger partial charge in [0.1, 0.15) is 0 Å². The number of rotatable bonds is 5. The first-order chi connectivity index (χ1) is 11.8. The van der Waals surface area contributed by atoms with Crippen LogP contribution in [0.1, 0.15) is 46.9 Å². The van der Waals surface area contributed by atoms with E-state index in [0.29, 0.717) is 13.2 Å². The lowest BCUT2D eigenvalue weighted by Crippen LogP contribution is -2.24. The van der Waals surface area contributed by atoms with Gasteiger partial charge in [-0.2, -0.15) is 0 Å². The zero-order valence-electron chi connectivity index (χ0n) is 13.8. The Bertz CT molecular complexity index is 749. The monoisotopic (exact) mass is 343 g/mol. The Morgan fingerprint density at radius 1 is 1.21 bits per heavy atom. The molecule has 126 valence electrons. The van der Waals surface area contributed by atoms with Crippen LogP contribution < -0.4 is 0 Å². The third-order valence-electron chi connectivity index (χ3n) is 4.53. The average molecular weight is 343 g/mol. The third-order valence-corrected chi connectivity index (χ3v) is 5.69. The van der Waals surface area contributed by atoms with Crippen molar-refractivity contribution in [3.63, 3.8) is 0 Å². The maximum Gasteiger partial charge on any atom is 0.254 e. The number of hydrogen-bond donors (Lipinski definition) is 0. The smallest absolute Gasteiger partial charge is 0.254 e. The molecule has 1 fully saturated rings. The Labute approximate surface area is 146 Å². The van der Waals surface area contributed by atoms with Gasteiger partial charge in [0.05, 0.1) is 18.1 Å². The number of nitrogens with zero attached hydrogens (tertiary/aromatic N) is 1. The van der Waals surface area contributed by atoms with E-state index in [1.54, 1.807) is 11.3 Å². The van der Waals surface area contributed by atoms with E-state index < -0.39 is 0 Å². The Balaban J connectivity index is 1.55. The number of hydrogen-bond acceptors (Lipinski definition) is 4. The number of thiophene rings is 1. The number of amides is 1. The largest absolute Gasteiger partial charge is 0.345 e. The molecular weight excluding hydrogens is 322 g/mol. The van der Waals surface area contributed by atoms with Crippen LogP contribution in [0.5, 0.6) is 0 Å². The summed E-state index contributed by atoms with van der Waals surface area (Å²) >= 11 is 1.70. The molecule has 0 radical (unpaired) electrons. The van der Waals surface area contributed by atoms with Crippen LogP contribution in [0.3, 0.4) is 0 Å². The van der Waals surface area contributed by atoms with E-state index in [4.69, 9.17) is 9.47 Å². The molecule has 0 bridgehead atoms. The maximum absolute atomic E-state index is 12.4. The Morgan fingerprint density at radius 2 is 2.04 bits per heavy atom. The molecule has 0 saturated carbocycles. The number of fused-ring (bicyclic) bond motifs is 1. The molecule has 4 rings (SSSR count). The van der Waals surface area contributed by atoms with Crippen LogP contribution in [0.2, 0.25) is 0 Å². The molecule has 1 amide bonds. The minimum Gasteiger partial charge on any atom is -0.345 e. The number of benzene rings is 1. The fourth-order valence-electron chi connectivity index (χ4n) is 3.22. The summed E-state index contributed by atoms with van der Waals surface area (Å²) in [6.07, 6.45) is 1.95. The maximum atomic E-state index is 12.4. The Kier molecular flexibility index (Phi) is 4.39. The molecule has 0 aliphatic carbocycles. The summed E-state index contributed by atoms with van der Waals surface area (Å²) in [7, 11) is 0. The highest BCUT2D eigenvalue weighted by Gasteiger charge is 2.27. The predicted molar refractivity (Wildman–Crippen MR) is 94.0 cm³/mol. The molecule has 24 heavy (non-hydrogen) atoms. The molecule has 1 saturated heterocycles. The summed E-state index contributed by atoms with van der Waals surface area (Å²) in [6, 6.07) is 10.4. The first-order valence-electron chi connectivity index (χ1n) is 8.52. The van der Waals surface area contributed by atoms with E-state index in [1.165, 1.54) is 4.88 Å². The summed E-state index contributed by atoms with van der Waals surface area (Å²) in [5, 5.41) is 0. The van der Waals surface area contributed by atoms with Crippen molar-refractivity contribution in [1.29, 1.82) is 0 Å². The van der Waals surface area contributed by atoms with E-state index in [-0.39, 0.29) is 12.2 Å². The molecule has 1 aromatic carbocycles. The van der Waals surface area contributed by atoms with Gasteiger partial charge in [-0.25, -0.2) is 0 Å². The molecule has 2 aromatic rings. The van der Waals surface area contributed by atoms with Gasteiger partial charge in [0.15, 0.2) is 6.29 Å². The Hall–Kier alpha value is -1.69. The molecule has 1 aromatic heterocycles. The highest BCUT2D eigenvalue weighted by Crippen LogP contribution is 2.36. The third kappa shape index (κ3) is 2.88. The predicted octanol–water partition coefficient (Wildman–Crippen LogP) is 4.22. The zero-order valence-corrected chi connectivity index (χ0v) is 14.6. The van der Waals surface area contributed by atoms with Gasteiger partial charge in [0.25, 0.3) is 5.91 Å². The lowest BCUT2D eigenvalue weighted by molar-refractivity contribution is -0.0413. The minimum atomic E-state index is -0.218. The Morgan fingerprint density at radius 3 is 2.83 bits per heavy atom. The van der Waals surface area contributed by atoms with Crippen LogP contribution in [0, 0.1) is 0 Å². The van der Waals surface area contributed by atoms with Gasteiger partial charge >= 0.3 is 0 Å². The molecule has 0 unspecified atom stereocenters. The van der Waals surface area contributed by atoms with Crippen molar-refractivity contribution in [2.45, 2.75) is 32.6 Å². The fourth-order valence-corrected chi connectivity index (χ4v) is 4.22. The van der Waals surface area contributed by atoms with E-state index in [2.05, 4.69) is 25.1 Å². The van der Waals surface area contributed by atoms with Crippen LogP contribution in [-0.2, 0) is 16.0 Å². The topological polar surface area (TPSA) is 38.8 Å². The van der Waals surface area contributed by atoms with Crippen molar-refractivity contribution in [2.75, 3.05) is 19.8 Å². The molecule has 2 aliphatic rings. The highest BCUT2D eigenvalue weighted by molar-refractivity contribution is 7.15. The summed E-state index contributed by atoms with van der Waals surface area (Å²) in [4.78, 5) is 16.7. The van der Waals surface area contributed by atoms with E-state index in [0.717, 1.165) is 47.5 Å². The summed E-state index contributed by atoms with van der Waals surface area (Å²) in [5.41, 5.74) is 3.15. The van der Waals surface area contributed by atoms with Crippen molar-refractivity contribution in [2.24, 2.45) is 0 Å². The minimum absolute atomic E-state index is 0.171. The molecule has 0 atom stereocenters. The second-order valence-electron chi connectivity index (χ2n) is 6.23. The second-order valence-corrected chi connectivity index (χ2v) is 7.34. The van der Waals surface area contributed by atoms with Crippen LogP contribution in [0.15, 0.2) is 30.3 Å². The van der Waals surface area contributed by atoms with Crippen LogP contribution in [0.4, 0.5) is 0 Å². The van der Waals surface area contributed by atoms with Crippen LogP contribution >= 0.6 is 11.3 Å². The van der Waals surface area contributed by atoms with E-state index >= 15 is 0 Å². The van der Waals surface area contributed by atoms with Gasteiger partial charge in [-0.05, 0) is 41.8 Å². The zero-order chi connectivity index (χ0) is 16.5. The molecular formula is C19H21NO3S. The molecule has 2 aliphatic heterocycles. The van der Waals surface area contributed by atoms with Gasteiger partial charge < -0.3 is 14.4 Å². The van der Waals surface area contributed by atoms with Crippen molar-refractivity contribution < 1.29 is 14.3 Å². The first kappa shape index (κ1) is 15.8. The standard InChI is InChI=1S/C19H21NO3S/c1-2-3-8-20-12-14-11-13(4-5-15(14)18(20)21)16-6-7-17(24-16)19-22-9-10-23-19/h4-7,11,19H,2-3,8-10,12H2,1H3. The summed E-state index contributed by atoms with van der Waals surface area (Å²) in [6.45, 7) is 5.05. The average Bonchev–Trinajstić information content (AvgIpc) is 3.33. The van der Waals surface area contributed by atoms with E-state index in [9.17, 15) is 4.79 Å². The molecule has 0 N–H and O–H groups in total. The van der Waals surface area contributed by atoms with Gasteiger partial charge in [-0.3, -0.25) is 4.79 Å². The van der Waals surface area contributed by atoms with Gasteiger partial charge in [0.2, 0.25) is 0 Å². The molecule has 5 heteroatoms. The highest BCUT2D eigenvalue weighted by atomic mass is 32.1. The summed E-state index contributed by atoms with van der Waals surface area (Å²) < 4.78 is 11.1. The van der Waals surface area contributed by atoms with Crippen LogP contribution in [0.25, 0.3) is 10.4 Å². The molecule has 3 heterocycles. The quantitative estimate of drug-likeness (QED) is 0.816. The number of carbonyl (C=O) groups excluding carboxylic acids is 1.